The molecule has 2 saturated heterocycles. The summed E-state index contributed by atoms with van der Waals surface area (Å²) in [5.41, 5.74) is 3.79. The SMILES string of the molecule is CC(n1cc(-c2cncc(N3CCC3)c2)nn1)n1ccc(N2CCC[C@@H](NCC3CCC3)C2)cc1=O. The van der Waals surface area contributed by atoms with Crippen LogP contribution in [0.3, 0.4) is 0 Å². The summed E-state index contributed by atoms with van der Waals surface area (Å²) in [6.45, 7) is 7.21. The number of hydrogen-bond donors (Lipinski definition) is 1. The lowest BCUT2D eigenvalue weighted by Gasteiger charge is -2.36. The van der Waals surface area contributed by atoms with E-state index in [2.05, 4.69) is 42.5 Å². The lowest BCUT2D eigenvalue weighted by molar-refractivity contribution is 0.280. The Kier molecular flexibility index (Phi) is 6.48. The van der Waals surface area contributed by atoms with Gasteiger partial charge in [-0.15, -0.1) is 5.10 Å². The Hall–Kier alpha value is -3.20. The first-order valence-electron chi connectivity index (χ1n) is 13.5. The Morgan fingerprint density at radius 3 is 2.64 bits per heavy atom. The summed E-state index contributed by atoms with van der Waals surface area (Å²) < 4.78 is 3.46. The van der Waals surface area contributed by atoms with Crippen molar-refractivity contribution in [3.05, 3.63) is 53.3 Å². The van der Waals surface area contributed by atoms with Crippen molar-refractivity contribution in [1.29, 1.82) is 0 Å². The standard InChI is InChI=1S/C27H36N8O/c1-20(35-19-26(30-31-35)22-13-25(17-28-16-22)32-10-4-11-32)34-12-8-24(14-27(34)36)33-9-3-7-23(18-33)29-15-21-5-2-6-21/h8,12-14,16-17,19-21,23,29H,2-7,9-11,15,18H2,1H3/t20?,23-/m1/s1. The van der Waals surface area contributed by atoms with E-state index in [0.29, 0.717) is 6.04 Å². The van der Waals surface area contributed by atoms with Gasteiger partial charge in [-0.25, -0.2) is 4.68 Å². The molecule has 0 radical (unpaired) electrons. The predicted octanol–water partition coefficient (Wildman–Crippen LogP) is 3.14. The number of nitrogens with zero attached hydrogens (tertiary/aromatic N) is 7. The van der Waals surface area contributed by atoms with E-state index >= 15 is 0 Å². The second kappa shape index (κ2) is 10.0. The molecule has 3 fully saturated rings. The number of anilines is 2. The third-order valence-electron chi connectivity index (χ3n) is 8.17. The summed E-state index contributed by atoms with van der Waals surface area (Å²) in [5.74, 6) is 0.865. The number of piperidine rings is 1. The molecule has 0 amide bonds. The monoisotopic (exact) mass is 488 g/mol. The number of aromatic nitrogens is 5. The van der Waals surface area contributed by atoms with Gasteiger partial charge in [-0.3, -0.25) is 14.3 Å². The third-order valence-corrected chi connectivity index (χ3v) is 8.17. The molecule has 3 aromatic heterocycles. The fourth-order valence-corrected chi connectivity index (χ4v) is 5.43. The normalized spacial score (nSPS) is 21.2. The van der Waals surface area contributed by atoms with Crippen LogP contribution in [0.4, 0.5) is 11.4 Å². The van der Waals surface area contributed by atoms with Gasteiger partial charge in [-0.05, 0) is 63.6 Å². The zero-order chi connectivity index (χ0) is 24.5. The third kappa shape index (κ3) is 4.76. The smallest absolute Gasteiger partial charge is 0.254 e. The van der Waals surface area contributed by atoms with Gasteiger partial charge >= 0.3 is 0 Å². The van der Waals surface area contributed by atoms with Crippen LogP contribution < -0.4 is 20.7 Å². The molecule has 36 heavy (non-hydrogen) atoms. The molecule has 3 aliphatic rings. The molecule has 5 heterocycles. The van der Waals surface area contributed by atoms with Crippen molar-refractivity contribution in [2.24, 2.45) is 5.92 Å². The van der Waals surface area contributed by atoms with E-state index in [-0.39, 0.29) is 11.7 Å². The summed E-state index contributed by atoms with van der Waals surface area (Å²) in [7, 11) is 0. The van der Waals surface area contributed by atoms with E-state index in [4.69, 9.17) is 0 Å². The fraction of sp³-hybridized carbons (Fsp3) is 0.556. The van der Waals surface area contributed by atoms with E-state index in [1.54, 1.807) is 15.3 Å². The summed E-state index contributed by atoms with van der Waals surface area (Å²) in [6.07, 6.45) is 14.9. The van der Waals surface area contributed by atoms with Crippen LogP contribution in [0.1, 0.15) is 51.6 Å². The Bertz CT molecular complexity index is 1240. The molecular formula is C27H36N8O. The first kappa shape index (κ1) is 23.2. The van der Waals surface area contributed by atoms with E-state index in [1.165, 1.54) is 32.1 Å². The Labute approximate surface area is 212 Å². The van der Waals surface area contributed by atoms with Gasteiger partial charge < -0.3 is 15.1 Å². The van der Waals surface area contributed by atoms with Crippen molar-refractivity contribution in [1.82, 2.24) is 29.9 Å². The van der Waals surface area contributed by atoms with Crippen molar-refractivity contribution >= 4 is 11.4 Å². The Morgan fingerprint density at radius 2 is 1.89 bits per heavy atom. The van der Waals surface area contributed by atoms with Crippen LogP contribution in [-0.2, 0) is 0 Å². The number of rotatable bonds is 8. The lowest BCUT2D eigenvalue weighted by Crippen LogP contribution is -2.47. The highest BCUT2D eigenvalue weighted by molar-refractivity contribution is 5.63. The molecular weight excluding hydrogens is 452 g/mol. The summed E-state index contributed by atoms with van der Waals surface area (Å²) in [6, 6.07) is 6.44. The average molecular weight is 489 g/mol. The molecule has 2 atom stereocenters. The summed E-state index contributed by atoms with van der Waals surface area (Å²) >= 11 is 0. The van der Waals surface area contributed by atoms with Crippen molar-refractivity contribution in [3.8, 4) is 11.3 Å². The van der Waals surface area contributed by atoms with Crippen LogP contribution in [0, 0.1) is 5.92 Å². The van der Waals surface area contributed by atoms with Crippen LogP contribution >= 0.6 is 0 Å². The van der Waals surface area contributed by atoms with E-state index in [0.717, 1.165) is 67.7 Å². The van der Waals surface area contributed by atoms with Crippen LogP contribution in [-0.4, -0.2) is 63.3 Å². The van der Waals surface area contributed by atoms with Gasteiger partial charge in [0.25, 0.3) is 5.56 Å². The van der Waals surface area contributed by atoms with E-state index in [9.17, 15) is 4.79 Å². The molecule has 9 heteroatoms. The van der Waals surface area contributed by atoms with E-state index in [1.807, 2.05) is 31.7 Å². The minimum Gasteiger partial charge on any atom is -0.370 e. The van der Waals surface area contributed by atoms with Gasteiger partial charge in [-0.1, -0.05) is 11.6 Å². The highest BCUT2D eigenvalue weighted by atomic mass is 16.1. The van der Waals surface area contributed by atoms with Gasteiger partial charge in [0.15, 0.2) is 0 Å². The van der Waals surface area contributed by atoms with E-state index < -0.39 is 0 Å². The molecule has 190 valence electrons. The van der Waals surface area contributed by atoms with Crippen LogP contribution in [0.5, 0.6) is 0 Å². The van der Waals surface area contributed by atoms with Crippen LogP contribution in [0.25, 0.3) is 11.3 Å². The van der Waals surface area contributed by atoms with Gasteiger partial charge in [0.2, 0.25) is 0 Å². The zero-order valence-electron chi connectivity index (χ0n) is 21.1. The van der Waals surface area contributed by atoms with Crippen molar-refractivity contribution < 1.29 is 0 Å². The van der Waals surface area contributed by atoms with Crippen LogP contribution in [0.2, 0.25) is 0 Å². The highest BCUT2D eigenvalue weighted by Gasteiger charge is 2.24. The first-order valence-corrected chi connectivity index (χ1v) is 13.5. The molecule has 6 rings (SSSR count). The largest absolute Gasteiger partial charge is 0.370 e. The lowest BCUT2D eigenvalue weighted by atomic mass is 9.85. The van der Waals surface area contributed by atoms with Crippen LogP contribution in [0.15, 0.2) is 47.8 Å². The van der Waals surface area contributed by atoms with Gasteiger partial charge in [0.1, 0.15) is 11.9 Å². The molecule has 0 spiro atoms. The first-order chi connectivity index (χ1) is 17.6. The van der Waals surface area contributed by atoms with Crippen molar-refractivity contribution in [2.45, 2.75) is 57.7 Å². The maximum Gasteiger partial charge on any atom is 0.254 e. The van der Waals surface area contributed by atoms with Crippen molar-refractivity contribution in [3.63, 3.8) is 0 Å². The molecule has 0 aromatic carbocycles. The maximum absolute atomic E-state index is 13.1. The molecule has 9 nitrogen and oxygen atoms in total. The maximum atomic E-state index is 13.1. The minimum atomic E-state index is -0.280. The molecule has 1 unspecified atom stereocenters. The number of nitrogens with one attached hydrogen (secondary N) is 1. The van der Waals surface area contributed by atoms with Gasteiger partial charge in [0.05, 0.1) is 18.1 Å². The predicted molar refractivity (Wildman–Crippen MR) is 141 cm³/mol. The minimum absolute atomic E-state index is 0.0250. The molecule has 0 bridgehead atoms. The molecule has 2 aliphatic heterocycles. The summed E-state index contributed by atoms with van der Waals surface area (Å²) in [5, 5.41) is 12.5. The van der Waals surface area contributed by atoms with Gasteiger partial charge in [0, 0.05) is 61.9 Å². The van der Waals surface area contributed by atoms with Gasteiger partial charge in [-0.2, -0.15) is 0 Å². The molecule has 1 aliphatic carbocycles. The quantitative estimate of drug-likeness (QED) is 0.521. The highest BCUT2D eigenvalue weighted by Crippen LogP contribution is 2.27. The molecule has 1 N–H and O–H groups in total. The fourth-order valence-electron chi connectivity index (χ4n) is 5.43. The Balaban J connectivity index is 1.13. The second-order valence-corrected chi connectivity index (χ2v) is 10.6. The molecule has 1 saturated carbocycles. The topological polar surface area (TPSA) is 84.1 Å². The molecule has 3 aromatic rings. The number of hydrogen-bond acceptors (Lipinski definition) is 7. The Morgan fingerprint density at radius 1 is 1.03 bits per heavy atom. The zero-order valence-corrected chi connectivity index (χ0v) is 21.1. The summed E-state index contributed by atoms with van der Waals surface area (Å²) in [4.78, 5) is 22.2. The number of pyridine rings is 2. The average Bonchev–Trinajstić information content (AvgIpc) is 3.32. The second-order valence-electron chi connectivity index (χ2n) is 10.6. The van der Waals surface area contributed by atoms with Crippen molar-refractivity contribution in [2.75, 3.05) is 42.5 Å².